The van der Waals surface area contributed by atoms with Crippen LogP contribution in [0.4, 0.5) is 0 Å². The van der Waals surface area contributed by atoms with E-state index >= 15 is 0 Å². The normalized spacial score (nSPS) is 12.8. The number of fused-ring (bicyclic) bond motifs is 1. The number of aromatic nitrogens is 2. The molecule has 2 rings (SSSR count). The number of nitrogens with zero attached hydrogens (tertiary/aromatic N) is 2. The van der Waals surface area contributed by atoms with Gasteiger partial charge in [-0.1, -0.05) is 12.1 Å². The molecule has 1 unspecified atom stereocenters. The lowest BCUT2D eigenvalue weighted by molar-refractivity contribution is 0.161. The van der Waals surface area contributed by atoms with E-state index in [2.05, 4.69) is 10.4 Å². The minimum atomic E-state index is -0.0467. The standard InChI is InChI=1S/C13H17N3O2/c1-14-10(9-18-2)8-16-12-6-4-3-5-11(12)13(17)7-15-16/h3-7,10,14H,8-9H2,1-2H3. The van der Waals surface area contributed by atoms with Gasteiger partial charge in [-0.05, 0) is 19.2 Å². The Hall–Kier alpha value is -1.72. The largest absolute Gasteiger partial charge is 0.383 e. The Kier molecular flexibility index (Phi) is 4.07. The number of rotatable bonds is 5. The highest BCUT2D eigenvalue weighted by Crippen LogP contribution is 2.08. The predicted molar refractivity (Wildman–Crippen MR) is 70.7 cm³/mol. The highest BCUT2D eigenvalue weighted by atomic mass is 16.5. The summed E-state index contributed by atoms with van der Waals surface area (Å²) in [5.74, 6) is 0. The lowest BCUT2D eigenvalue weighted by atomic mass is 10.2. The number of hydrogen-bond acceptors (Lipinski definition) is 4. The van der Waals surface area contributed by atoms with Gasteiger partial charge in [0.15, 0.2) is 0 Å². The first kappa shape index (κ1) is 12.7. The van der Waals surface area contributed by atoms with E-state index in [4.69, 9.17) is 4.74 Å². The molecule has 0 spiro atoms. The second-order valence-corrected chi connectivity index (χ2v) is 4.15. The van der Waals surface area contributed by atoms with Gasteiger partial charge < -0.3 is 10.1 Å². The van der Waals surface area contributed by atoms with Gasteiger partial charge in [0.05, 0.1) is 24.9 Å². The molecule has 96 valence electrons. The van der Waals surface area contributed by atoms with Crippen LogP contribution in [0.15, 0.2) is 35.3 Å². The molecule has 0 radical (unpaired) electrons. The van der Waals surface area contributed by atoms with Crippen LogP contribution in [0.2, 0.25) is 0 Å². The van der Waals surface area contributed by atoms with Gasteiger partial charge in [-0.15, -0.1) is 0 Å². The van der Waals surface area contributed by atoms with Crippen molar-refractivity contribution in [3.63, 3.8) is 0 Å². The molecule has 0 aliphatic carbocycles. The average molecular weight is 247 g/mol. The maximum Gasteiger partial charge on any atom is 0.207 e. The van der Waals surface area contributed by atoms with Gasteiger partial charge in [-0.2, -0.15) is 5.10 Å². The van der Waals surface area contributed by atoms with Crippen LogP contribution in [-0.2, 0) is 11.3 Å². The van der Waals surface area contributed by atoms with Crippen molar-refractivity contribution in [1.82, 2.24) is 15.1 Å². The maximum absolute atomic E-state index is 11.7. The van der Waals surface area contributed by atoms with Crippen LogP contribution in [0.5, 0.6) is 0 Å². The molecule has 0 saturated carbocycles. The van der Waals surface area contributed by atoms with Gasteiger partial charge in [0.25, 0.3) is 0 Å². The summed E-state index contributed by atoms with van der Waals surface area (Å²) in [6.07, 6.45) is 1.36. The summed E-state index contributed by atoms with van der Waals surface area (Å²) in [4.78, 5) is 11.7. The van der Waals surface area contributed by atoms with E-state index in [1.165, 1.54) is 6.20 Å². The second kappa shape index (κ2) is 5.75. The molecule has 1 aromatic heterocycles. The van der Waals surface area contributed by atoms with E-state index < -0.39 is 0 Å². The molecule has 0 aliphatic rings. The van der Waals surface area contributed by atoms with Gasteiger partial charge in [0.1, 0.15) is 0 Å². The summed E-state index contributed by atoms with van der Waals surface area (Å²) in [5.41, 5.74) is 0.802. The SMILES string of the molecule is CNC(COC)Cn1ncc(=O)c2ccccc21. The first-order chi connectivity index (χ1) is 8.76. The molecular weight excluding hydrogens is 230 g/mol. The minimum Gasteiger partial charge on any atom is -0.383 e. The zero-order chi connectivity index (χ0) is 13.0. The van der Waals surface area contributed by atoms with Crippen LogP contribution in [0.3, 0.4) is 0 Å². The molecule has 1 heterocycles. The van der Waals surface area contributed by atoms with Gasteiger partial charge in [-0.3, -0.25) is 9.48 Å². The van der Waals surface area contributed by atoms with E-state index in [0.29, 0.717) is 18.5 Å². The van der Waals surface area contributed by atoms with Crippen molar-refractivity contribution in [3.05, 3.63) is 40.7 Å². The van der Waals surface area contributed by atoms with Crippen molar-refractivity contribution in [3.8, 4) is 0 Å². The second-order valence-electron chi connectivity index (χ2n) is 4.15. The molecule has 5 heteroatoms. The number of methoxy groups -OCH3 is 1. The summed E-state index contributed by atoms with van der Waals surface area (Å²) < 4.78 is 6.97. The molecule has 1 N–H and O–H groups in total. The summed E-state index contributed by atoms with van der Waals surface area (Å²) >= 11 is 0. The molecule has 0 fully saturated rings. The molecular formula is C13H17N3O2. The number of para-hydroxylation sites is 1. The van der Waals surface area contributed by atoms with Crippen molar-refractivity contribution < 1.29 is 4.74 Å². The fraction of sp³-hybridized carbons (Fsp3) is 0.385. The van der Waals surface area contributed by atoms with Crippen molar-refractivity contribution in [2.24, 2.45) is 0 Å². The minimum absolute atomic E-state index is 0.0467. The van der Waals surface area contributed by atoms with Crippen LogP contribution in [-0.4, -0.2) is 36.6 Å². The van der Waals surface area contributed by atoms with Gasteiger partial charge in [-0.25, -0.2) is 0 Å². The highest BCUT2D eigenvalue weighted by molar-refractivity contribution is 5.77. The van der Waals surface area contributed by atoms with E-state index in [1.807, 2.05) is 36.0 Å². The van der Waals surface area contributed by atoms with Crippen LogP contribution in [0.25, 0.3) is 10.9 Å². The van der Waals surface area contributed by atoms with Crippen LogP contribution in [0.1, 0.15) is 0 Å². The third-order valence-electron chi connectivity index (χ3n) is 2.93. The zero-order valence-electron chi connectivity index (χ0n) is 10.6. The van der Waals surface area contributed by atoms with Crippen molar-refractivity contribution in [2.45, 2.75) is 12.6 Å². The Morgan fingerprint density at radius 2 is 2.22 bits per heavy atom. The van der Waals surface area contributed by atoms with Crippen LogP contribution < -0.4 is 10.7 Å². The molecule has 0 saturated heterocycles. The Balaban J connectivity index is 2.39. The summed E-state index contributed by atoms with van der Waals surface area (Å²) in [7, 11) is 3.55. The Morgan fingerprint density at radius 1 is 1.44 bits per heavy atom. The Labute approximate surface area is 105 Å². The first-order valence-corrected chi connectivity index (χ1v) is 5.87. The predicted octanol–water partition coefficient (Wildman–Crippen LogP) is 0.631. The number of ether oxygens (including phenoxy) is 1. The van der Waals surface area contributed by atoms with E-state index in [9.17, 15) is 4.79 Å². The lowest BCUT2D eigenvalue weighted by Gasteiger charge is -2.17. The molecule has 18 heavy (non-hydrogen) atoms. The highest BCUT2D eigenvalue weighted by Gasteiger charge is 2.09. The number of nitrogens with one attached hydrogen (secondary N) is 1. The number of hydrogen-bond donors (Lipinski definition) is 1. The van der Waals surface area contributed by atoms with Crippen molar-refractivity contribution in [2.75, 3.05) is 20.8 Å². The summed E-state index contributed by atoms with van der Waals surface area (Å²) in [6.45, 7) is 1.25. The van der Waals surface area contributed by atoms with Crippen molar-refractivity contribution >= 4 is 10.9 Å². The third-order valence-corrected chi connectivity index (χ3v) is 2.93. The molecule has 1 atom stereocenters. The molecule has 5 nitrogen and oxygen atoms in total. The summed E-state index contributed by atoms with van der Waals surface area (Å²) in [6, 6.07) is 7.65. The summed E-state index contributed by atoms with van der Waals surface area (Å²) in [5, 5.41) is 8.05. The smallest absolute Gasteiger partial charge is 0.207 e. The fourth-order valence-electron chi connectivity index (χ4n) is 1.94. The lowest BCUT2D eigenvalue weighted by Crippen LogP contribution is -2.35. The van der Waals surface area contributed by atoms with Crippen LogP contribution in [0, 0.1) is 0 Å². The molecule has 1 aromatic carbocycles. The Morgan fingerprint density at radius 3 is 2.94 bits per heavy atom. The zero-order valence-corrected chi connectivity index (χ0v) is 10.6. The van der Waals surface area contributed by atoms with Gasteiger partial charge in [0.2, 0.25) is 5.43 Å². The fourth-order valence-corrected chi connectivity index (χ4v) is 1.94. The molecule has 2 aromatic rings. The third kappa shape index (κ3) is 2.57. The quantitative estimate of drug-likeness (QED) is 0.842. The van der Waals surface area contributed by atoms with Crippen molar-refractivity contribution in [1.29, 1.82) is 0 Å². The number of likely N-dealkylation sites (N-methyl/N-ethyl adjacent to an activating group) is 1. The van der Waals surface area contributed by atoms with E-state index in [0.717, 1.165) is 5.52 Å². The number of benzene rings is 1. The Bertz CT molecular complexity index is 580. The van der Waals surface area contributed by atoms with Crippen LogP contribution >= 0.6 is 0 Å². The average Bonchev–Trinajstić information content (AvgIpc) is 2.41. The molecule has 0 amide bonds. The molecule has 0 aliphatic heterocycles. The first-order valence-electron chi connectivity index (χ1n) is 5.87. The molecule has 0 bridgehead atoms. The van der Waals surface area contributed by atoms with E-state index in [-0.39, 0.29) is 11.5 Å². The maximum atomic E-state index is 11.7. The monoisotopic (exact) mass is 247 g/mol. The topological polar surface area (TPSA) is 56.1 Å². The van der Waals surface area contributed by atoms with Gasteiger partial charge >= 0.3 is 0 Å². The van der Waals surface area contributed by atoms with Gasteiger partial charge in [0, 0.05) is 18.5 Å². The van der Waals surface area contributed by atoms with E-state index in [1.54, 1.807) is 7.11 Å².